The number of hydrogen-bond donors (Lipinski definition) is 1. The smallest absolute Gasteiger partial charge is 0.242 e. The Morgan fingerprint density at radius 1 is 1.13 bits per heavy atom. The summed E-state index contributed by atoms with van der Waals surface area (Å²) in [5, 5.41) is 5.67. The van der Waals surface area contributed by atoms with Gasteiger partial charge in [0.05, 0.1) is 12.0 Å². The van der Waals surface area contributed by atoms with Gasteiger partial charge in [-0.15, -0.1) is 11.3 Å². The summed E-state index contributed by atoms with van der Waals surface area (Å²) in [7, 11) is -0.573. The van der Waals surface area contributed by atoms with Gasteiger partial charge in [0.1, 0.15) is 10.8 Å². The summed E-state index contributed by atoms with van der Waals surface area (Å²) in [5.74, 6) is 0.431. The second kappa shape index (κ2) is 9.84. The topological polar surface area (TPSA) is 88.6 Å². The van der Waals surface area contributed by atoms with Crippen LogP contribution in [0.4, 0.5) is 5.69 Å². The number of sulfonamides is 1. The molecular weight excluding hydrogens is 422 g/mol. The fourth-order valence-corrected chi connectivity index (χ4v) is 4.65. The Hall–Kier alpha value is -2.75. The van der Waals surface area contributed by atoms with Crippen LogP contribution in [0.1, 0.15) is 12.8 Å². The van der Waals surface area contributed by atoms with E-state index in [1.807, 2.05) is 29.6 Å². The number of rotatable bonds is 9. The fourth-order valence-electron chi connectivity index (χ4n) is 2.80. The highest BCUT2D eigenvalue weighted by atomic mass is 32.2. The molecule has 0 radical (unpaired) electrons. The van der Waals surface area contributed by atoms with E-state index in [0.29, 0.717) is 17.9 Å². The van der Waals surface area contributed by atoms with Gasteiger partial charge in [0.2, 0.25) is 15.9 Å². The van der Waals surface area contributed by atoms with Crippen molar-refractivity contribution in [2.24, 2.45) is 0 Å². The Bertz CT molecular complexity index is 1060. The first-order valence-corrected chi connectivity index (χ1v) is 11.6. The number of thiazole rings is 1. The van der Waals surface area contributed by atoms with Crippen LogP contribution in [0, 0.1) is 0 Å². The molecule has 0 aliphatic rings. The number of hydrogen-bond acceptors (Lipinski definition) is 6. The summed E-state index contributed by atoms with van der Waals surface area (Å²) >= 11 is 1.55. The van der Waals surface area contributed by atoms with E-state index < -0.39 is 10.0 Å². The summed E-state index contributed by atoms with van der Waals surface area (Å²) < 4.78 is 31.5. The minimum Gasteiger partial charge on any atom is -0.497 e. The zero-order valence-corrected chi connectivity index (χ0v) is 18.4. The Balaban J connectivity index is 1.48. The highest BCUT2D eigenvalue weighted by molar-refractivity contribution is 7.89. The Morgan fingerprint density at radius 2 is 1.83 bits per heavy atom. The van der Waals surface area contributed by atoms with Gasteiger partial charge in [-0.05, 0) is 55.0 Å². The molecule has 0 atom stereocenters. The standard InChI is InChI=1S/C21H23N3O4S2/c1-24(30(26,27)19-11-9-18(28-2)10-12-19)14-3-4-20(25)23-17-7-5-16(6-8-17)21-22-13-15-29-21/h5-13,15H,3-4,14H2,1-2H3,(H,23,25). The van der Waals surface area contributed by atoms with Crippen LogP contribution in [0.2, 0.25) is 0 Å². The van der Waals surface area contributed by atoms with Gasteiger partial charge in [0.25, 0.3) is 0 Å². The zero-order chi connectivity index (χ0) is 21.6. The first kappa shape index (κ1) is 21.9. The number of carbonyl (C=O) groups is 1. The van der Waals surface area contributed by atoms with Gasteiger partial charge in [-0.25, -0.2) is 17.7 Å². The van der Waals surface area contributed by atoms with Crippen molar-refractivity contribution in [2.75, 3.05) is 26.0 Å². The van der Waals surface area contributed by atoms with Crippen LogP contribution in [-0.2, 0) is 14.8 Å². The minimum absolute atomic E-state index is 0.160. The molecule has 30 heavy (non-hydrogen) atoms. The van der Waals surface area contributed by atoms with Crippen molar-refractivity contribution in [3.8, 4) is 16.3 Å². The highest BCUT2D eigenvalue weighted by Crippen LogP contribution is 2.23. The largest absolute Gasteiger partial charge is 0.497 e. The van der Waals surface area contributed by atoms with E-state index in [0.717, 1.165) is 10.6 Å². The average Bonchev–Trinajstić information content (AvgIpc) is 3.29. The van der Waals surface area contributed by atoms with Crippen molar-refractivity contribution in [3.63, 3.8) is 0 Å². The summed E-state index contributed by atoms with van der Waals surface area (Å²) in [6, 6.07) is 13.7. The molecule has 0 saturated carbocycles. The molecule has 158 valence electrons. The van der Waals surface area contributed by atoms with Gasteiger partial charge in [0.15, 0.2) is 0 Å². The number of nitrogens with zero attached hydrogens (tertiary/aromatic N) is 2. The third kappa shape index (κ3) is 5.44. The van der Waals surface area contributed by atoms with E-state index in [-0.39, 0.29) is 23.8 Å². The van der Waals surface area contributed by atoms with Crippen LogP contribution in [0.25, 0.3) is 10.6 Å². The molecule has 3 rings (SSSR count). The van der Waals surface area contributed by atoms with E-state index in [4.69, 9.17) is 4.74 Å². The van der Waals surface area contributed by atoms with Gasteiger partial charge in [-0.3, -0.25) is 4.79 Å². The quantitative estimate of drug-likeness (QED) is 0.540. The number of amides is 1. The molecule has 2 aromatic carbocycles. The first-order chi connectivity index (χ1) is 14.4. The maximum Gasteiger partial charge on any atom is 0.242 e. The molecule has 1 amide bonds. The van der Waals surface area contributed by atoms with Gasteiger partial charge < -0.3 is 10.1 Å². The van der Waals surface area contributed by atoms with E-state index in [9.17, 15) is 13.2 Å². The lowest BCUT2D eigenvalue weighted by atomic mass is 10.2. The lowest BCUT2D eigenvalue weighted by Crippen LogP contribution is -2.28. The second-order valence-electron chi connectivity index (χ2n) is 6.57. The molecule has 0 fully saturated rings. The molecule has 0 saturated heterocycles. The zero-order valence-electron chi connectivity index (χ0n) is 16.7. The molecule has 0 spiro atoms. The number of aromatic nitrogens is 1. The maximum absolute atomic E-state index is 12.6. The lowest BCUT2D eigenvalue weighted by Gasteiger charge is -2.17. The van der Waals surface area contributed by atoms with E-state index >= 15 is 0 Å². The van der Waals surface area contributed by atoms with Crippen LogP contribution < -0.4 is 10.1 Å². The van der Waals surface area contributed by atoms with Crippen LogP contribution >= 0.6 is 11.3 Å². The molecule has 9 heteroatoms. The van der Waals surface area contributed by atoms with Crippen molar-refractivity contribution in [1.82, 2.24) is 9.29 Å². The lowest BCUT2D eigenvalue weighted by molar-refractivity contribution is -0.116. The van der Waals surface area contributed by atoms with Crippen LogP contribution in [0.15, 0.2) is 65.0 Å². The van der Waals surface area contributed by atoms with Crippen molar-refractivity contribution < 1.29 is 17.9 Å². The van der Waals surface area contributed by atoms with Gasteiger partial charge in [0, 0.05) is 42.8 Å². The number of nitrogens with one attached hydrogen (secondary N) is 1. The predicted molar refractivity (Wildman–Crippen MR) is 118 cm³/mol. The summed E-state index contributed by atoms with van der Waals surface area (Å²) in [6.45, 7) is 0.241. The molecule has 7 nitrogen and oxygen atoms in total. The van der Waals surface area contributed by atoms with Gasteiger partial charge >= 0.3 is 0 Å². The number of ether oxygens (including phenoxy) is 1. The molecule has 1 heterocycles. The van der Waals surface area contributed by atoms with Gasteiger partial charge in [-0.1, -0.05) is 0 Å². The van der Waals surface area contributed by atoms with Crippen LogP contribution in [0.5, 0.6) is 5.75 Å². The molecule has 1 aromatic heterocycles. The van der Waals surface area contributed by atoms with Gasteiger partial charge in [-0.2, -0.15) is 0 Å². The molecule has 0 aliphatic carbocycles. The van der Waals surface area contributed by atoms with Crippen molar-refractivity contribution in [1.29, 1.82) is 0 Å². The number of benzene rings is 2. The molecular formula is C21H23N3O4S2. The minimum atomic E-state index is -3.61. The predicted octanol–water partition coefficient (Wildman–Crippen LogP) is 3.86. The highest BCUT2D eigenvalue weighted by Gasteiger charge is 2.20. The average molecular weight is 446 g/mol. The van der Waals surface area contributed by atoms with Crippen molar-refractivity contribution >= 4 is 33.0 Å². The van der Waals surface area contributed by atoms with Crippen LogP contribution in [-0.4, -0.2) is 44.3 Å². The van der Waals surface area contributed by atoms with E-state index in [1.54, 1.807) is 29.7 Å². The SMILES string of the molecule is COc1ccc(S(=O)(=O)N(C)CCCC(=O)Nc2ccc(-c3nccs3)cc2)cc1. The third-order valence-electron chi connectivity index (χ3n) is 4.49. The Kier molecular flexibility index (Phi) is 7.20. The summed E-state index contributed by atoms with van der Waals surface area (Å²) in [4.78, 5) is 16.6. The van der Waals surface area contributed by atoms with E-state index in [2.05, 4.69) is 10.3 Å². The summed E-state index contributed by atoms with van der Waals surface area (Å²) in [5.41, 5.74) is 1.69. The maximum atomic E-state index is 12.6. The number of anilines is 1. The first-order valence-electron chi connectivity index (χ1n) is 9.30. The molecule has 1 N–H and O–H groups in total. The van der Waals surface area contributed by atoms with E-state index in [1.165, 1.54) is 30.6 Å². The monoisotopic (exact) mass is 445 g/mol. The third-order valence-corrected chi connectivity index (χ3v) is 7.19. The summed E-state index contributed by atoms with van der Waals surface area (Å²) in [6.07, 6.45) is 2.38. The van der Waals surface area contributed by atoms with Crippen molar-refractivity contribution in [3.05, 3.63) is 60.1 Å². The molecule has 0 aliphatic heterocycles. The Morgan fingerprint density at radius 3 is 2.43 bits per heavy atom. The number of carbonyl (C=O) groups excluding carboxylic acids is 1. The molecule has 3 aromatic rings. The second-order valence-corrected chi connectivity index (χ2v) is 9.51. The van der Waals surface area contributed by atoms with Crippen LogP contribution in [0.3, 0.4) is 0 Å². The normalized spacial score (nSPS) is 11.4. The van der Waals surface area contributed by atoms with Crippen molar-refractivity contribution in [2.45, 2.75) is 17.7 Å². The number of methoxy groups -OCH3 is 1. The molecule has 0 unspecified atom stereocenters. The molecule has 0 bridgehead atoms. The fraction of sp³-hybridized carbons (Fsp3) is 0.238. The Labute approximate surface area is 180 Å².